The van der Waals surface area contributed by atoms with Crippen molar-refractivity contribution in [2.24, 2.45) is 0 Å². The van der Waals surface area contributed by atoms with Gasteiger partial charge in [0.15, 0.2) is 5.69 Å². The van der Waals surface area contributed by atoms with Crippen LogP contribution < -0.4 is 10.9 Å². The minimum atomic E-state index is -0.449. The largest absolute Gasteiger partial charge is 0.297 e. The van der Waals surface area contributed by atoms with Crippen LogP contribution in [0.4, 0.5) is 10.1 Å². The second-order valence-corrected chi connectivity index (χ2v) is 10.8. The van der Waals surface area contributed by atoms with Crippen molar-refractivity contribution in [3.05, 3.63) is 109 Å². The number of nitrogens with one attached hydrogen (secondary N) is 2. The SMILES string of the molecule is O=C(NNc1ccc(Cl)cc1Cl)c1nn(-c2ccc(Cl)cc2Cl)c2c1CSC/C2=C\c1ccc(F)cc1. The van der Waals surface area contributed by atoms with Crippen LogP contribution in [0.2, 0.25) is 20.1 Å². The van der Waals surface area contributed by atoms with Gasteiger partial charge in [0.1, 0.15) is 5.82 Å². The van der Waals surface area contributed by atoms with E-state index in [4.69, 9.17) is 46.4 Å². The molecule has 2 N–H and O–H groups in total. The second-order valence-electron chi connectivity index (χ2n) is 8.10. The summed E-state index contributed by atoms with van der Waals surface area (Å²) < 4.78 is 15.1. The van der Waals surface area contributed by atoms with Crippen molar-refractivity contribution < 1.29 is 9.18 Å². The number of nitrogens with zero attached hydrogens (tertiary/aromatic N) is 2. The van der Waals surface area contributed by atoms with Crippen LogP contribution in [0.25, 0.3) is 17.3 Å². The van der Waals surface area contributed by atoms with E-state index in [0.717, 1.165) is 22.4 Å². The van der Waals surface area contributed by atoms with Gasteiger partial charge >= 0.3 is 0 Å². The Labute approximate surface area is 236 Å². The Bertz CT molecular complexity index is 1540. The highest BCUT2D eigenvalue weighted by Crippen LogP contribution is 2.38. The molecule has 1 aromatic heterocycles. The molecule has 0 saturated heterocycles. The number of aromatic nitrogens is 2. The summed E-state index contributed by atoms with van der Waals surface area (Å²) in [7, 11) is 0. The van der Waals surface area contributed by atoms with Crippen LogP contribution in [0.3, 0.4) is 0 Å². The number of hydrazine groups is 1. The lowest BCUT2D eigenvalue weighted by Gasteiger charge is -2.19. The van der Waals surface area contributed by atoms with Crippen molar-refractivity contribution in [1.29, 1.82) is 0 Å². The highest BCUT2D eigenvalue weighted by Gasteiger charge is 2.29. The lowest BCUT2D eigenvalue weighted by molar-refractivity contribution is 0.0956. The number of rotatable bonds is 5. The first-order valence-electron chi connectivity index (χ1n) is 10.9. The van der Waals surface area contributed by atoms with E-state index in [2.05, 4.69) is 16.0 Å². The van der Waals surface area contributed by atoms with Crippen LogP contribution in [-0.2, 0) is 5.75 Å². The molecule has 1 amide bonds. The summed E-state index contributed by atoms with van der Waals surface area (Å²) >= 11 is 26.5. The Balaban J connectivity index is 1.58. The number of anilines is 1. The van der Waals surface area contributed by atoms with E-state index >= 15 is 0 Å². The molecular weight excluding hydrogens is 577 g/mol. The fourth-order valence-electron chi connectivity index (χ4n) is 3.90. The highest BCUT2D eigenvalue weighted by molar-refractivity contribution is 7.99. The van der Waals surface area contributed by atoms with Gasteiger partial charge in [-0.05, 0) is 65.7 Å². The van der Waals surface area contributed by atoms with E-state index in [1.807, 2.05) is 6.08 Å². The lowest BCUT2D eigenvalue weighted by Crippen LogP contribution is -2.30. The quantitative estimate of drug-likeness (QED) is 0.229. The molecule has 0 radical (unpaired) electrons. The van der Waals surface area contributed by atoms with E-state index in [1.54, 1.807) is 65.0 Å². The van der Waals surface area contributed by atoms with E-state index in [1.165, 1.54) is 12.1 Å². The Morgan fingerprint density at radius 2 is 1.65 bits per heavy atom. The number of carbonyl (C=O) groups is 1. The standard InChI is InChI=1S/C26H17Cl4FN4OS/c27-16-3-7-22(20(29)10-16)32-33-26(36)24-19-13-37-12-15(9-14-1-5-18(31)6-2-14)25(19)35(34-24)23-8-4-17(28)11-21(23)30/h1-11,32H,12-13H2,(H,33,36)/b15-9+. The number of thioether (sulfide) groups is 1. The third-order valence-electron chi connectivity index (χ3n) is 5.60. The fraction of sp³-hybridized carbons (Fsp3) is 0.0769. The van der Waals surface area contributed by atoms with E-state index in [9.17, 15) is 9.18 Å². The van der Waals surface area contributed by atoms with Gasteiger partial charge in [0, 0.05) is 27.1 Å². The van der Waals surface area contributed by atoms with Gasteiger partial charge in [-0.15, -0.1) is 0 Å². The Hall–Kier alpha value is -2.68. The van der Waals surface area contributed by atoms with Gasteiger partial charge in [-0.25, -0.2) is 9.07 Å². The number of fused-ring (bicyclic) bond motifs is 1. The van der Waals surface area contributed by atoms with Crippen LogP contribution >= 0.6 is 58.2 Å². The number of halogens is 5. The monoisotopic (exact) mass is 592 g/mol. The normalized spacial score (nSPS) is 13.9. The Morgan fingerprint density at radius 3 is 2.35 bits per heavy atom. The molecule has 1 aliphatic heterocycles. The van der Waals surface area contributed by atoms with Crippen LogP contribution in [0.1, 0.15) is 27.3 Å². The summed E-state index contributed by atoms with van der Waals surface area (Å²) in [5.41, 5.74) is 10.0. The first-order valence-corrected chi connectivity index (χ1v) is 13.6. The fourth-order valence-corrected chi connectivity index (χ4v) is 5.87. The zero-order valence-corrected chi connectivity index (χ0v) is 22.7. The van der Waals surface area contributed by atoms with Gasteiger partial charge in [0.2, 0.25) is 0 Å². The van der Waals surface area contributed by atoms with Gasteiger partial charge in [0.25, 0.3) is 5.91 Å². The van der Waals surface area contributed by atoms with Gasteiger partial charge in [-0.1, -0.05) is 58.5 Å². The molecule has 4 aromatic rings. The summed E-state index contributed by atoms with van der Waals surface area (Å²) in [6.45, 7) is 0. The topological polar surface area (TPSA) is 59.0 Å². The highest BCUT2D eigenvalue weighted by atomic mass is 35.5. The van der Waals surface area contributed by atoms with Crippen molar-refractivity contribution in [2.75, 3.05) is 11.2 Å². The van der Waals surface area contributed by atoms with Crippen molar-refractivity contribution in [3.63, 3.8) is 0 Å². The van der Waals surface area contributed by atoms with Gasteiger partial charge in [-0.2, -0.15) is 16.9 Å². The zero-order valence-electron chi connectivity index (χ0n) is 18.9. The maximum absolute atomic E-state index is 13.5. The van der Waals surface area contributed by atoms with Crippen LogP contribution in [0.15, 0.2) is 60.7 Å². The molecule has 5 rings (SSSR count). The van der Waals surface area contributed by atoms with Gasteiger partial charge < -0.3 is 0 Å². The van der Waals surface area contributed by atoms with E-state index < -0.39 is 5.91 Å². The first kappa shape index (κ1) is 25.9. The average Bonchev–Trinajstić information content (AvgIpc) is 3.25. The molecule has 2 heterocycles. The first-order chi connectivity index (χ1) is 17.8. The third kappa shape index (κ3) is 5.61. The molecule has 5 nitrogen and oxygen atoms in total. The van der Waals surface area contributed by atoms with Crippen molar-refractivity contribution >= 4 is 81.4 Å². The smallest absolute Gasteiger partial charge is 0.290 e. The number of benzene rings is 3. The molecule has 0 fully saturated rings. The summed E-state index contributed by atoms with van der Waals surface area (Å²) in [5.74, 6) is 0.466. The zero-order chi connectivity index (χ0) is 26.1. The minimum Gasteiger partial charge on any atom is -0.297 e. The number of amides is 1. The summed E-state index contributed by atoms with van der Waals surface area (Å²) in [5, 5.41) is 6.38. The molecule has 0 spiro atoms. The molecule has 3 aromatic carbocycles. The minimum absolute atomic E-state index is 0.232. The molecule has 0 aliphatic carbocycles. The molecule has 0 bridgehead atoms. The molecular formula is C26H17Cl4FN4OS. The molecule has 0 atom stereocenters. The van der Waals surface area contributed by atoms with Crippen molar-refractivity contribution in [1.82, 2.24) is 15.2 Å². The molecule has 0 unspecified atom stereocenters. The molecule has 37 heavy (non-hydrogen) atoms. The predicted molar refractivity (Wildman–Crippen MR) is 152 cm³/mol. The Kier molecular flexibility index (Phi) is 7.70. The summed E-state index contributed by atoms with van der Waals surface area (Å²) in [6.07, 6.45) is 1.96. The lowest BCUT2D eigenvalue weighted by atomic mass is 10.0. The van der Waals surface area contributed by atoms with Crippen LogP contribution in [-0.4, -0.2) is 21.4 Å². The number of hydrogen-bond acceptors (Lipinski definition) is 4. The molecule has 11 heteroatoms. The Morgan fingerprint density at radius 1 is 0.946 bits per heavy atom. The number of carbonyl (C=O) groups excluding carboxylic acids is 1. The van der Waals surface area contributed by atoms with Crippen LogP contribution in [0.5, 0.6) is 0 Å². The van der Waals surface area contributed by atoms with Crippen LogP contribution in [0, 0.1) is 5.82 Å². The van der Waals surface area contributed by atoms with E-state index in [0.29, 0.717) is 43.0 Å². The summed E-state index contributed by atoms with van der Waals surface area (Å²) in [4.78, 5) is 13.3. The maximum atomic E-state index is 13.5. The second kappa shape index (κ2) is 11.0. The third-order valence-corrected chi connectivity index (χ3v) is 7.69. The molecule has 0 saturated carbocycles. The number of hydrogen-bond donors (Lipinski definition) is 2. The van der Waals surface area contributed by atoms with Crippen molar-refractivity contribution in [2.45, 2.75) is 5.75 Å². The molecule has 1 aliphatic rings. The van der Waals surface area contributed by atoms with Gasteiger partial charge in [-0.3, -0.25) is 15.6 Å². The van der Waals surface area contributed by atoms with E-state index in [-0.39, 0.29) is 11.5 Å². The predicted octanol–water partition coefficient (Wildman–Crippen LogP) is 8.17. The van der Waals surface area contributed by atoms with Gasteiger partial charge in [0.05, 0.1) is 27.1 Å². The molecule has 188 valence electrons. The average molecular weight is 594 g/mol. The van der Waals surface area contributed by atoms with Crippen molar-refractivity contribution in [3.8, 4) is 5.69 Å². The summed E-state index contributed by atoms with van der Waals surface area (Å²) in [6, 6.07) is 16.2. The maximum Gasteiger partial charge on any atom is 0.290 e.